The third-order valence-electron chi connectivity index (χ3n) is 2.32. The molecule has 1 atom stereocenters. The number of carbonyl (C=O) groups excluding carboxylic acids is 2. The highest BCUT2D eigenvalue weighted by Crippen LogP contribution is 2.09. The van der Waals surface area contributed by atoms with Crippen molar-refractivity contribution in [2.75, 3.05) is 5.75 Å². The number of carboxylic acids is 1. The summed E-state index contributed by atoms with van der Waals surface area (Å²) in [6, 6.07) is 6.90. The Morgan fingerprint density at radius 1 is 1.05 bits per heavy atom. The van der Waals surface area contributed by atoms with Gasteiger partial charge in [0.15, 0.2) is 11.6 Å². The first kappa shape index (κ1) is 15.2. The van der Waals surface area contributed by atoms with E-state index in [2.05, 4.69) is 0 Å². The molecule has 0 fully saturated rings. The number of rotatable bonds is 7. The van der Waals surface area contributed by atoms with Gasteiger partial charge in [-0.2, -0.15) is 0 Å². The summed E-state index contributed by atoms with van der Waals surface area (Å²) in [5.74, 6) is -2.71. The van der Waals surface area contributed by atoms with Crippen LogP contribution < -0.4 is 0 Å². The van der Waals surface area contributed by atoms with Crippen molar-refractivity contribution in [2.24, 2.45) is 0 Å². The zero-order valence-corrected chi connectivity index (χ0v) is 11.2. The van der Waals surface area contributed by atoms with Crippen molar-refractivity contribution in [3.63, 3.8) is 0 Å². The molecule has 0 amide bonds. The highest BCUT2D eigenvalue weighted by molar-refractivity contribution is 7.85. The normalized spacial score (nSPS) is 11.8. The lowest BCUT2D eigenvalue weighted by Gasteiger charge is -2.02. The van der Waals surface area contributed by atoms with Crippen molar-refractivity contribution < 1.29 is 23.7 Å². The van der Waals surface area contributed by atoms with E-state index in [1.54, 1.807) is 24.3 Å². The number of benzene rings is 1. The Kier molecular flexibility index (Phi) is 5.57. The van der Waals surface area contributed by atoms with Crippen molar-refractivity contribution in [1.29, 1.82) is 0 Å². The van der Waals surface area contributed by atoms with Crippen LogP contribution in [0.25, 0.3) is 0 Å². The maximum atomic E-state index is 11.8. The number of ketones is 2. The smallest absolute Gasteiger partial charge is 0.310 e. The van der Waals surface area contributed by atoms with Crippen molar-refractivity contribution >= 4 is 28.3 Å². The minimum atomic E-state index is -1.50. The summed E-state index contributed by atoms with van der Waals surface area (Å²) < 4.78 is 11.8. The van der Waals surface area contributed by atoms with Crippen molar-refractivity contribution in [3.05, 3.63) is 29.8 Å². The maximum Gasteiger partial charge on any atom is 0.310 e. The molecule has 0 heterocycles. The van der Waals surface area contributed by atoms with Crippen LogP contribution in [0.4, 0.5) is 0 Å². The molecule has 102 valence electrons. The van der Waals surface area contributed by atoms with Crippen molar-refractivity contribution in [3.8, 4) is 0 Å². The van der Waals surface area contributed by atoms with Gasteiger partial charge in [0, 0.05) is 4.90 Å². The molecule has 1 N–H and O–H groups in total. The molecule has 0 aliphatic carbocycles. The van der Waals surface area contributed by atoms with Gasteiger partial charge in [0.05, 0.1) is 23.0 Å². The van der Waals surface area contributed by atoms with Crippen LogP contribution in [-0.2, 0) is 25.2 Å². The molecule has 0 aliphatic rings. The average molecular weight is 282 g/mol. The van der Waals surface area contributed by atoms with E-state index in [0.29, 0.717) is 4.90 Å². The van der Waals surface area contributed by atoms with Crippen LogP contribution >= 0.6 is 0 Å². The fourth-order valence-corrected chi connectivity index (χ4v) is 2.42. The largest absolute Gasteiger partial charge is 0.481 e. The van der Waals surface area contributed by atoms with Crippen molar-refractivity contribution in [2.45, 2.75) is 24.7 Å². The summed E-state index contributed by atoms with van der Waals surface area (Å²) >= 11 is 0. The van der Waals surface area contributed by atoms with E-state index >= 15 is 0 Å². The second-order valence-electron chi connectivity index (χ2n) is 4.13. The van der Waals surface area contributed by atoms with Gasteiger partial charge in [0.25, 0.3) is 0 Å². The molecule has 0 aromatic heterocycles. The van der Waals surface area contributed by atoms with Crippen LogP contribution in [0.1, 0.15) is 18.4 Å². The fraction of sp³-hybridized carbons (Fsp3) is 0.308. The molecule has 1 aromatic carbocycles. The Labute approximate surface area is 113 Å². The average Bonchev–Trinajstić information content (AvgIpc) is 2.27. The molecule has 0 spiro atoms. The van der Waals surface area contributed by atoms with Gasteiger partial charge in [0.1, 0.15) is 6.42 Å². The summed E-state index contributed by atoms with van der Waals surface area (Å²) in [4.78, 5) is 33.4. The van der Waals surface area contributed by atoms with Gasteiger partial charge in [-0.15, -0.1) is 0 Å². The summed E-state index contributed by atoms with van der Waals surface area (Å²) in [7, 11) is -1.50. The lowest BCUT2D eigenvalue weighted by Crippen LogP contribution is -2.17. The van der Waals surface area contributed by atoms with Gasteiger partial charge in [-0.3, -0.25) is 18.6 Å². The molecule has 0 unspecified atom stereocenters. The van der Waals surface area contributed by atoms with Crippen LogP contribution in [0.5, 0.6) is 0 Å². The number of aryl methyl sites for hydroxylation is 1. The molecule has 0 aliphatic heterocycles. The maximum absolute atomic E-state index is 11.8. The number of Topliss-reactive ketones (excluding diaryl/α,β-unsaturated/α-hetero) is 2. The molecule has 0 saturated carbocycles. The van der Waals surface area contributed by atoms with E-state index < -0.39 is 41.2 Å². The number of aliphatic carboxylic acids is 1. The standard InChI is InChI=1S/C13H14O5S/c1-9-2-4-12(5-3-9)19(18)8-11(15)6-10(14)7-13(16)17/h2-5H,6-8H2,1H3,(H,16,17)/t19-/m1/s1. The first-order chi connectivity index (χ1) is 8.88. The summed E-state index contributed by atoms with van der Waals surface area (Å²) in [6.45, 7) is 1.89. The number of carboxylic acid groups (broad SMARTS) is 1. The first-order valence-electron chi connectivity index (χ1n) is 5.58. The van der Waals surface area contributed by atoms with Gasteiger partial charge in [-0.25, -0.2) is 0 Å². The highest BCUT2D eigenvalue weighted by Gasteiger charge is 2.16. The molecular weight excluding hydrogens is 268 g/mol. The van der Waals surface area contributed by atoms with Gasteiger partial charge in [-0.05, 0) is 19.1 Å². The predicted octanol–water partition coefficient (Wildman–Crippen LogP) is 1.11. The van der Waals surface area contributed by atoms with E-state index in [4.69, 9.17) is 5.11 Å². The Hall–Kier alpha value is -1.82. The zero-order chi connectivity index (χ0) is 14.4. The van der Waals surface area contributed by atoms with E-state index in [1.807, 2.05) is 6.92 Å². The van der Waals surface area contributed by atoms with Crippen LogP contribution in [-0.4, -0.2) is 32.6 Å². The third kappa shape index (κ3) is 5.56. The second-order valence-corrected chi connectivity index (χ2v) is 5.58. The Morgan fingerprint density at radius 3 is 2.16 bits per heavy atom. The summed E-state index contributed by atoms with van der Waals surface area (Å²) in [5.41, 5.74) is 1.02. The van der Waals surface area contributed by atoms with Gasteiger partial charge in [-0.1, -0.05) is 17.7 Å². The zero-order valence-electron chi connectivity index (χ0n) is 10.4. The Balaban J connectivity index is 2.53. The number of hydrogen-bond donors (Lipinski definition) is 1. The minimum absolute atomic E-state index is 0.269. The van der Waals surface area contributed by atoms with Gasteiger partial charge < -0.3 is 5.11 Å². The quantitative estimate of drug-likeness (QED) is 0.757. The Morgan fingerprint density at radius 2 is 1.63 bits per heavy atom. The van der Waals surface area contributed by atoms with E-state index in [1.165, 1.54) is 0 Å². The minimum Gasteiger partial charge on any atom is -0.481 e. The Bertz CT molecular complexity index is 518. The van der Waals surface area contributed by atoms with E-state index in [0.717, 1.165) is 5.56 Å². The number of hydrogen-bond acceptors (Lipinski definition) is 4. The number of carbonyl (C=O) groups is 3. The summed E-state index contributed by atoms with van der Waals surface area (Å²) in [5, 5.41) is 8.39. The third-order valence-corrected chi connectivity index (χ3v) is 3.70. The lowest BCUT2D eigenvalue weighted by molar-refractivity contribution is -0.140. The highest BCUT2D eigenvalue weighted by atomic mass is 32.2. The van der Waals surface area contributed by atoms with E-state index in [9.17, 15) is 18.6 Å². The molecule has 19 heavy (non-hydrogen) atoms. The topological polar surface area (TPSA) is 88.5 Å². The molecule has 6 heteroatoms. The van der Waals surface area contributed by atoms with Crippen molar-refractivity contribution in [1.82, 2.24) is 0 Å². The van der Waals surface area contributed by atoms with Crippen LogP contribution in [0.2, 0.25) is 0 Å². The van der Waals surface area contributed by atoms with Gasteiger partial charge in [0.2, 0.25) is 0 Å². The predicted molar refractivity (Wildman–Crippen MR) is 69.3 cm³/mol. The molecule has 5 nitrogen and oxygen atoms in total. The van der Waals surface area contributed by atoms with Crippen LogP contribution in [0, 0.1) is 6.92 Å². The van der Waals surface area contributed by atoms with Crippen LogP contribution in [0.3, 0.4) is 0 Å². The monoisotopic (exact) mass is 282 g/mol. The molecule has 1 aromatic rings. The molecule has 1 rings (SSSR count). The van der Waals surface area contributed by atoms with E-state index in [-0.39, 0.29) is 5.75 Å². The SMILES string of the molecule is Cc1ccc([S@](=O)CC(=O)CC(=O)CC(=O)O)cc1. The van der Waals surface area contributed by atoms with Gasteiger partial charge >= 0.3 is 5.97 Å². The van der Waals surface area contributed by atoms with Crippen LogP contribution in [0.15, 0.2) is 29.2 Å². The fourth-order valence-electron chi connectivity index (χ4n) is 1.42. The molecule has 0 saturated heterocycles. The first-order valence-corrected chi connectivity index (χ1v) is 6.90. The lowest BCUT2D eigenvalue weighted by atomic mass is 10.2. The second kappa shape index (κ2) is 6.94. The molecule has 0 radical (unpaired) electrons. The molecule has 0 bridgehead atoms. The summed E-state index contributed by atoms with van der Waals surface area (Å²) in [6.07, 6.45) is -1.16. The molecular formula is C13H14O5S.